The fourth-order valence-corrected chi connectivity index (χ4v) is 3.04. The van der Waals surface area contributed by atoms with E-state index in [4.69, 9.17) is 4.74 Å². The van der Waals surface area contributed by atoms with Gasteiger partial charge >= 0.3 is 12.1 Å². The van der Waals surface area contributed by atoms with Gasteiger partial charge in [0.25, 0.3) is 0 Å². The number of ether oxygens (including phenoxy) is 1. The van der Waals surface area contributed by atoms with Crippen LogP contribution in [0.25, 0.3) is 0 Å². The molecule has 1 aliphatic rings. The molecule has 0 bridgehead atoms. The topological polar surface area (TPSA) is 26.3 Å². The van der Waals surface area contributed by atoms with Crippen molar-refractivity contribution in [2.75, 3.05) is 0 Å². The highest BCUT2D eigenvalue weighted by atomic mass is 19.4. The van der Waals surface area contributed by atoms with Crippen LogP contribution >= 0.6 is 0 Å². The molecule has 2 nitrogen and oxygen atoms in total. The van der Waals surface area contributed by atoms with Gasteiger partial charge in [-0.25, -0.2) is 4.79 Å². The van der Waals surface area contributed by atoms with Gasteiger partial charge in [0, 0.05) is 5.57 Å². The van der Waals surface area contributed by atoms with Gasteiger partial charge in [0.2, 0.25) is 0 Å². The Bertz CT molecular complexity index is 604. The third kappa shape index (κ3) is 2.89. The minimum Gasteiger partial charge on any atom is -0.451 e. The summed E-state index contributed by atoms with van der Waals surface area (Å²) in [5.74, 6) is -0.563. The minimum absolute atomic E-state index is 0.243. The van der Waals surface area contributed by atoms with Gasteiger partial charge in [0.15, 0.2) is 0 Å². The summed E-state index contributed by atoms with van der Waals surface area (Å²) in [5.41, 5.74) is -0.658. The van der Waals surface area contributed by atoms with Crippen LogP contribution < -0.4 is 0 Å². The molecule has 0 saturated carbocycles. The summed E-state index contributed by atoms with van der Waals surface area (Å²) in [6.07, 6.45) is -2.55. The van der Waals surface area contributed by atoms with Crippen molar-refractivity contribution in [3.63, 3.8) is 0 Å². The predicted octanol–water partition coefficient (Wildman–Crippen LogP) is 4.77. The molecule has 0 aromatic heterocycles. The van der Waals surface area contributed by atoms with Gasteiger partial charge < -0.3 is 4.74 Å². The molecule has 0 N–H and O–H groups in total. The molecule has 0 aliphatic heterocycles. The lowest BCUT2D eigenvalue weighted by Crippen LogP contribution is -2.36. The quantitative estimate of drug-likeness (QED) is 0.594. The standard InChI is InChI=1S/C17H19F3O2/c1-4-16(22-15(21)11(2)3)10-6-7-12-13(16)8-5-9-14(12)17(18,19)20/h5,8-9H,2,4,6-7,10H2,1,3H3. The Morgan fingerprint density at radius 2 is 2.09 bits per heavy atom. The molecule has 0 spiro atoms. The SMILES string of the molecule is C=C(C)C(=O)OC1(CC)CCCc2c(C(F)(F)F)cccc21. The van der Waals surface area contributed by atoms with Crippen LogP contribution in [0.15, 0.2) is 30.4 Å². The highest BCUT2D eigenvalue weighted by Crippen LogP contribution is 2.45. The highest BCUT2D eigenvalue weighted by molar-refractivity contribution is 5.87. The summed E-state index contributed by atoms with van der Waals surface area (Å²) in [5, 5.41) is 0. The Morgan fingerprint density at radius 3 is 2.64 bits per heavy atom. The number of rotatable bonds is 3. The molecule has 1 aromatic rings. The maximum Gasteiger partial charge on any atom is 0.416 e. The maximum absolute atomic E-state index is 13.2. The first-order valence-corrected chi connectivity index (χ1v) is 7.29. The van der Waals surface area contributed by atoms with E-state index < -0.39 is 23.3 Å². The zero-order valence-corrected chi connectivity index (χ0v) is 12.7. The molecule has 0 fully saturated rings. The first-order valence-electron chi connectivity index (χ1n) is 7.29. The van der Waals surface area contributed by atoms with E-state index in [1.165, 1.54) is 13.0 Å². The van der Waals surface area contributed by atoms with E-state index in [1.807, 2.05) is 6.92 Å². The fraction of sp³-hybridized carbons (Fsp3) is 0.471. The molecule has 0 heterocycles. The average Bonchev–Trinajstić information content (AvgIpc) is 2.45. The number of halogens is 3. The number of hydrogen-bond donors (Lipinski definition) is 0. The lowest BCUT2D eigenvalue weighted by molar-refractivity contribution is -0.158. The zero-order chi connectivity index (χ0) is 16.5. The molecule has 5 heteroatoms. The van der Waals surface area contributed by atoms with Gasteiger partial charge in [0.1, 0.15) is 5.60 Å². The lowest BCUT2D eigenvalue weighted by Gasteiger charge is -2.39. The first-order chi connectivity index (χ1) is 10.2. The molecule has 1 unspecified atom stereocenters. The van der Waals surface area contributed by atoms with E-state index in [2.05, 4.69) is 6.58 Å². The molecular weight excluding hydrogens is 293 g/mol. The number of benzene rings is 1. The van der Waals surface area contributed by atoms with Crippen LogP contribution in [-0.4, -0.2) is 5.97 Å². The molecule has 0 amide bonds. The monoisotopic (exact) mass is 312 g/mol. The minimum atomic E-state index is -4.40. The Morgan fingerprint density at radius 1 is 1.41 bits per heavy atom. The van der Waals surface area contributed by atoms with E-state index in [0.29, 0.717) is 31.2 Å². The number of alkyl halides is 3. The second-order valence-electron chi connectivity index (χ2n) is 5.70. The van der Waals surface area contributed by atoms with Crippen molar-refractivity contribution >= 4 is 5.97 Å². The van der Waals surface area contributed by atoms with Crippen LogP contribution in [0.3, 0.4) is 0 Å². The summed E-state index contributed by atoms with van der Waals surface area (Å²) < 4.78 is 45.2. The largest absolute Gasteiger partial charge is 0.451 e. The third-order valence-corrected chi connectivity index (χ3v) is 4.19. The van der Waals surface area contributed by atoms with Crippen LogP contribution in [0.2, 0.25) is 0 Å². The molecule has 1 aromatic carbocycles. The number of hydrogen-bond acceptors (Lipinski definition) is 2. The Labute approximate surface area is 128 Å². The Hall–Kier alpha value is -1.78. The van der Waals surface area contributed by atoms with Gasteiger partial charge in [0.05, 0.1) is 5.56 Å². The molecule has 2 rings (SSSR count). The van der Waals surface area contributed by atoms with Gasteiger partial charge in [-0.15, -0.1) is 0 Å². The van der Waals surface area contributed by atoms with Crippen LogP contribution in [0, 0.1) is 0 Å². The summed E-state index contributed by atoms with van der Waals surface area (Å²) in [6, 6.07) is 4.11. The average molecular weight is 312 g/mol. The molecule has 1 atom stereocenters. The van der Waals surface area contributed by atoms with E-state index in [1.54, 1.807) is 6.07 Å². The van der Waals surface area contributed by atoms with Crippen molar-refractivity contribution in [2.24, 2.45) is 0 Å². The lowest BCUT2D eigenvalue weighted by atomic mass is 9.75. The fourth-order valence-electron chi connectivity index (χ4n) is 3.04. The van der Waals surface area contributed by atoms with Gasteiger partial charge in [-0.2, -0.15) is 13.2 Å². The zero-order valence-electron chi connectivity index (χ0n) is 12.7. The highest BCUT2D eigenvalue weighted by Gasteiger charge is 2.43. The number of esters is 1. The van der Waals surface area contributed by atoms with Crippen molar-refractivity contribution in [3.8, 4) is 0 Å². The van der Waals surface area contributed by atoms with Crippen LogP contribution in [0.4, 0.5) is 13.2 Å². The number of carbonyl (C=O) groups is 1. The van der Waals surface area contributed by atoms with E-state index in [9.17, 15) is 18.0 Å². The predicted molar refractivity (Wildman–Crippen MR) is 77.3 cm³/mol. The smallest absolute Gasteiger partial charge is 0.416 e. The number of carbonyl (C=O) groups excluding carboxylic acids is 1. The summed E-state index contributed by atoms with van der Waals surface area (Å²) >= 11 is 0. The normalized spacial score (nSPS) is 21.1. The Kier molecular flexibility index (Phi) is 4.36. The second-order valence-corrected chi connectivity index (χ2v) is 5.70. The van der Waals surface area contributed by atoms with Gasteiger partial charge in [-0.3, -0.25) is 0 Å². The van der Waals surface area contributed by atoms with Gasteiger partial charge in [-0.1, -0.05) is 25.6 Å². The molecule has 1 aliphatic carbocycles. The van der Waals surface area contributed by atoms with Crippen molar-refractivity contribution in [1.29, 1.82) is 0 Å². The second kappa shape index (κ2) is 5.78. The molecular formula is C17H19F3O2. The van der Waals surface area contributed by atoms with Crippen molar-refractivity contribution in [2.45, 2.75) is 51.3 Å². The Balaban J connectivity index is 2.55. The molecule has 22 heavy (non-hydrogen) atoms. The van der Waals surface area contributed by atoms with Crippen LogP contribution in [0.1, 0.15) is 49.8 Å². The van der Waals surface area contributed by atoms with E-state index in [-0.39, 0.29) is 11.1 Å². The maximum atomic E-state index is 13.2. The van der Waals surface area contributed by atoms with Crippen molar-refractivity contribution < 1.29 is 22.7 Å². The first kappa shape index (κ1) is 16.6. The van der Waals surface area contributed by atoms with E-state index in [0.717, 1.165) is 6.07 Å². The van der Waals surface area contributed by atoms with Crippen LogP contribution in [0.5, 0.6) is 0 Å². The van der Waals surface area contributed by atoms with Crippen molar-refractivity contribution in [3.05, 3.63) is 47.0 Å². The van der Waals surface area contributed by atoms with Crippen LogP contribution in [-0.2, 0) is 27.7 Å². The molecule has 0 saturated heterocycles. The third-order valence-electron chi connectivity index (χ3n) is 4.19. The summed E-state index contributed by atoms with van der Waals surface area (Å²) in [7, 11) is 0. The molecule has 120 valence electrons. The molecule has 0 radical (unpaired) electrons. The van der Waals surface area contributed by atoms with Crippen molar-refractivity contribution in [1.82, 2.24) is 0 Å². The van der Waals surface area contributed by atoms with E-state index >= 15 is 0 Å². The van der Waals surface area contributed by atoms with Gasteiger partial charge in [-0.05, 0) is 49.8 Å². The summed E-state index contributed by atoms with van der Waals surface area (Å²) in [6.45, 7) is 6.89. The summed E-state index contributed by atoms with van der Waals surface area (Å²) in [4.78, 5) is 11.9. The number of fused-ring (bicyclic) bond motifs is 1.